The molecule has 1 aromatic heterocycles. The Hall–Kier alpha value is -2.37. The SMILES string of the molecule is COc1ccccc1N1C[C@@H](c2nc(C(C)C)no2)CC1=O. The first kappa shape index (κ1) is 14.6. The number of hydrogen-bond donors (Lipinski definition) is 0. The maximum atomic E-state index is 12.3. The van der Waals surface area contributed by atoms with Crippen LogP contribution in [0.15, 0.2) is 28.8 Å². The summed E-state index contributed by atoms with van der Waals surface area (Å²) in [7, 11) is 1.60. The quantitative estimate of drug-likeness (QED) is 0.868. The lowest BCUT2D eigenvalue weighted by atomic mass is 10.1. The van der Waals surface area contributed by atoms with Crippen LogP contribution in [0.5, 0.6) is 5.75 Å². The highest BCUT2D eigenvalue weighted by Crippen LogP contribution is 2.36. The van der Waals surface area contributed by atoms with Gasteiger partial charge in [-0.05, 0) is 12.1 Å². The number of ether oxygens (including phenoxy) is 1. The van der Waals surface area contributed by atoms with Gasteiger partial charge in [-0.3, -0.25) is 4.79 Å². The van der Waals surface area contributed by atoms with Crippen molar-refractivity contribution in [3.05, 3.63) is 36.0 Å². The highest BCUT2D eigenvalue weighted by atomic mass is 16.5. The largest absolute Gasteiger partial charge is 0.495 e. The van der Waals surface area contributed by atoms with Crippen LogP contribution < -0.4 is 9.64 Å². The van der Waals surface area contributed by atoms with Crippen molar-refractivity contribution in [2.24, 2.45) is 0 Å². The third-order valence-electron chi connectivity index (χ3n) is 3.82. The first-order valence-corrected chi connectivity index (χ1v) is 7.37. The first-order chi connectivity index (χ1) is 10.6. The molecule has 0 saturated carbocycles. The van der Waals surface area contributed by atoms with E-state index in [0.29, 0.717) is 30.4 Å². The van der Waals surface area contributed by atoms with Gasteiger partial charge in [-0.2, -0.15) is 4.98 Å². The Bertz CT molecular complexity index is 681. The Morgan fingerprint density at radius 1 is 1.36 bits per heavy atom. The minimum atomic E-state index is -0.0718. The smallest absolute Gasteiger partial charge is 0.232 e. The first-order valence-electron chi connectivity index (χ1n) is 7.37. The van der Waals surface area contributed by atoms with Crippen LogP contribution in [-0.2, 0) is 4.79 Å². The summed E-state index contributed by atoms with van der Waals surface area (Å²) in [6.45, 7) is 4.55. The Morgan fingerprint density at radius 2 is 2.14 bits per heavy atom. The molecule has 6 nitrogen and oxygen atoms in total. The van der Waals surface area contributed by atoms with Crippen molar-refractivity contribution in [3.63, 3.8) is 0 Å². The molecule has 0 N–H and O–H groups in total. The highest BCUT2D eigenvalue weighted by Gasteiger charge is 2.36. The molecule has 0 radical (unpaired) electrons. The van der Waals surface area contributed by atoms with Crippen molar-refractivity contribution in [2.75, 3.05) is 18.6 Å². The molecule has 1 fully saturated rings. The number of hydrogen-bond acceptors (Lipinski definition) is 5. The highest BCUT2D eigenvalue weighted by molar-refractivity contribution is 5.97. The van der Waals surface area contributed by atoms with E-state index >= 15 is 0 Å². The van der Waals surface area contributed by atoms with Gasteiger partial charge in [0.2, 0.25) is 11.8 Å². The van der Waals surface area contributed by atoms with Gasteiger partial charge in [0, 0.05) is 18.9 Å². The zero-order valence-electron chi connectivity index (χ0n) is 12.9. The van der Waals surface area contributed by atoms with E-state index in [-0.39, 0.29) is 17.7 Å². The van der Waals surface area contributed by atoms with Crippen LogP contribution >= 0.6 is 0 Å². The Morgan fingerprint density at radius 3 is 2.82 bits per heavy atom. The van der Waals surface area contributed by atoms with Gasteiger partial charge >= 0.3 is 0 Å². The second kappa shape index (κ2) is 5.79. The van der Waals surface area contributed by atoms with E-state index in [0.717, 1.165) is 5.69 Å². The number of para-hydroxylation sites is 2. The summed E-state index contributed by atoms with van der Waals surface area (Å²) < 4.78 is 10.7. The van der Waals surface area contributed by atoms with E-state index < -0.39 is 0 Å². The van der Waals surface area contributed by atoms with Crippen LogP contribution in [0.4, 0.5) is 5.69 Å². The number of amides is 1. The lowest BCUT2D eigenvalue weighted by Crippen LogP contribution is -2.24. The molecule has 1 atom stereocenters. The predicted molar refractivity (Wildman–Crippen MR) is 81.1 cm³/mol. The molecule has 6 heteroatoms. The third kappa shape index (κ3) is 2.56. The fraction of sp³-hybridized carbons (Fsp3) is 0.438. The van der Waals surface area contributed by atoms with Crippen LogP contribution in [0.1, 0.15) is 43.8 Å². The van der Waals surface area contributed by atoms with Crippen molar-refractivity contribution in [1.82, 2.24) is 10.1 Å². The summed E-state index contributed by atoms with van der Waals surface area (Å²) in [6, 6.07) is 7.50. The normalized spacial score (nSPS) is 18.3. The van der Waals surface area contributed by atoms with E-state index in [4.69, 9.17) is 9.26 Å². The zero-order valence-corrected chi connectivity index (χ0v) is 12.9. The van der Waals surface area contributed by atoms with E-state index in [2.05, 4.69) is 10.1 Å². The molecule has 22 heavy (non-hydrogen) atoms. The molecule has 0 unspecified atom stereocenters. The van der Waals surface area contributed by atoms with Gasteiger partial charge in [0.05, 0.1) is 18.7 Å². The van der Waals surface area contributed by atoms with E-state index in [1.807, 2.05) is 38.1 Å². The molecule has 1 amide bonds. The number of benzene rings is 1. The Labute approximate surface area is 129 Å². The molecule has 2 heterocycles. The van der Waals surface area contributed by atoms with Crippen molar-refractivity contribution in [1.29, 1.82) is 0 Å². The average Bonchev–Trinajstić information content (AvgIpc) is 3.14. The van der Waals surface area contributed by atoms with Crippen molar-refractivity contribution >= 4 is 11.6 Å². The van der Waals surface area contributed by atoms with Gasteiger partial charge < -0.3 is 14.2 Å². The Kier molecular flexibility index (Phi) is 3.83. The fourth-order valence-corrected chi connectivity index (χ4v) is 2.61. The van der Waals surface area contributed by atoms with Gasteiger partial charge in [0.1, 0.15) is 5.75 Å². The molecular weight excluding hydrogens is 282 g/mol. The summed E-state index contributed by atoms with van der Waals surface area (Å²) in [5, 5.41) is 3.98. The Balaban J connectivity index is 1.83. The molecule has 1 aromatic carbocycles. The standard InChI is InChI=1S/C16H19N3O3/c1-10(2)15-17-16(22-18-15)11-8-14(20)19(9-11)12-6-4-5-7-13(12)21-3/h4-7,10-11H,8-9H2,1-3H3/t11-/m0/s1. The molecule has 0 spiro atoms. The summed E-state index contributed by atoms with van der Waals surface area (Å²) in [5.41, 5.74) is 0.779. The number of rotatable bonds is 4. The van der Waals surface area contributed by atoms with Gasteiger partial charge in [-0.25, -0.2) is 0 Å². The molecule has 1 aliphatic rings. The summed E-state index contributed by atoms with van der Waals surface area (Å²) >= 11 is 0. The minimum Gasteiger partial charge on any atom is -0.495 e. The fourth-order valence-electron chi connectivity index (χ4n) is 2.61. The van der Waals surface area contributed by atoms with Gasteiger partial charge in [-0.15, -0.1) is 0 Å². The van der Waals surface area contributed by atoms with Gasteiger partial charge in [0.25, 0.3) is 0 Å². The number of nitrogens with zero attached hydrogens (tertiary/aromatic N) is 3. The molecule has 116 valence electrons. The van der Waals surface area contributed by atoms with Crippen LogP contribution in [0.25, 0.3) is 0 Å². The summed E-state index contributed by atoms with van der Waals surface area (Å²) in [4.78, 5) is 18.5. The summed E-state index contributed by atoms with van der Waals surface area (Å²) in [6.07, 6.45) is 0.373. The predicted octanol–water partition coefficient (Wildman–Crippen LogP) is 2.72. The van der Waals surface area contributed by atoms with E-state index in [1.54, 1.807) is 12.0 Å². The molecule has 1 saturated heterocycles. The van der Waals surface area contributed by atoms with Gasteiger partial charge in [0.15, 0.2) is 5.82 Å². The third-order valence-corrected chi connectivity index (χ3v) is 3.82. The molecule has 3 rings (SSSR count). The number of aromatic nitrogens is 2. The van der Waals surface area contributed by atoms with Crippen LogP contribution in [0, 0.1) is 0 Å². The maximum absolute atomic E-state index is 12.3. The number of anilines is 1. The van der Waals surface area contributed by atoms with Crippen molar-refractivity contribution in [3.8, 4) is 5.75 Å². The topological polar surface area (TPSA) is 68.5 Å². The number of carbonyl (C=O) groups excluding carboxylic acids is 1. The zero-order chi connectivity index (χ0) is 15.7. The summed E-state index contributed by atoms with van der Waals surface area (Å²) in [5.74, 6) is 2.08. The monoisotopic (exact) mass is 301 g/mol. The average molecular weight is 301 g/mol. The van der Waals surface area contributed by atoms with Gasteiger partial charge in [-0.1, -0.05) is 31.1 Å². The van der Waals surface area contributed by atoms with Crippen LogP contribution in [0.3, 0.4) is 0 Å². The maximum Gasteiger partial charge on any atom is 0.232 e. The minimum absolute atomic E-state index is 0.0406. The molecular formula is C16H19N3O3. The number of carbonyl (C=O) groups is 1. The van der Waals surface area contributed by atoms with E-state index in [9.17, 15) is 4.79 Å². The molecule has 0 bridgehead atoms. The lowest BCUT2D eigenvalue weighted by Gasteiger charge is -2.18. The second-order valence-electron chi connectivity index (χ2n) is 5.72. The van der Waals surface area contributed by atoms with Crippen LogP contribution in [-0.4, -0.2) is 29.7 Å². The molecule has 2 aromatic rings. The molecule has 1 aliphatic heterocycles. The number of methoxy groups -OCH3 is 1. The lowest BCUT2D eigenvalue weighted by molar-refractivity contribution is -0.117. The molecule has 0 aliphatic carbocycles. The van der Waals surface area contributed by atoms with Crippen molar-refractivity contribution < 1.29 is 14.1 Å². The van der Waals surface area contributed by atoms with E-state index in [1.165, 1.54) is 0 Å². The van der Waals surface area contributed by atoms with Crippen molar-refractivity contribution in [2.45, 2.75) is 32.1 Å². The second-order valence-corrected chi connectivity index (χ2v) is 5.72. The van der Waals surface area contributed by atoms with Crippen LogP contribution in [0.2, 0.25) is 0 Å².